The van der Waals surface area contributed by atoms with E-state index in [4.69, 9.17) is 22.4 Å². The molecule has 1 atom stereocenters. The predicted molar refractivity (Wildman–Crippen MR) is 104 cm³/mol. The quantitative estimate of drug-likeness (QED) is 0.610. The van der Waals surface area contributed by atoms with E-state index in [1.807, 2.05) is 0 Å². The number of anilines is 1. The van der Waals surface area contributed by atoms with Gasteiger partial charge in [-0.25, -0.2) is 13.4 Å². The largest absolute Gasteiger partial charge is 0.480 e. The SMILES string of the molecule is Cc1nc(NC(=O)CC[C@@H](N)C(=O)O)sc1-c1ccc(Cl)c(S(C)(=O)=O)c1. The number of amides is 1. The lowest BCUT2D eigenvalue weighted by molar-refractivity contribution is -0.138. The maximum absolute atomic E-state index is 11.9. The van der Waals surface area contributed by atoms with Crippen LogP contribution in [0.1, 0.15) is 18.5 Å². The molecule has 0 aliphatic heterocycles. The van der Waals surface area contributed by atoms with Gasteiger partial charge in [0.25, 0.3) is 0 Å². The molecule has 0 unspecified atom stereocenters. The minimum atomic E-state index is -3.49. The first-order chi connectivity index (χ1) is 12.5. The highest BCUT2D eigenvalue weighted by atomic mass is 35.5. The van der Waals surface area contributed by atoms with Gasteiger partial charge in [0.2, 0.25) is 5.91 Å². The number of thiazole rings is 1. The molecule has 146 valence electrons. The number of carbonyl (C=O) groups is 2. The molecule has 2 aromatic rings. The molecule has 0 spiro atoms. The van der Waals surface area contributed by atoms with Crippen LogP contribution in [0.3, 0.4) is 0 Å². The van der Waals surface area contributed by atoms with Crippen LogP contribution in [-0.2, 0) is 19.4 Å². The summed E-state index contributed by atoms with van der Waals surface area (Å²) in [6.07, 6.45) is 1.03. The third kappa shape index (κ3) is 5.48. The summed E-state index contributed by atoms with van der Waals surface area (Å²) >= 11 is 7.14. The zero-order valence-electron chi connectivity index (χ0n) is 14.5. The number of sulfone groups is 1. The number of carboxylic acids is 1. The number of nitrogens with zero attached hydrogens (tertiary/aromatic N) is 1. The summed E-state index contributed by atoms with van der Waals surface area (Å²) in [4.78, 5) is 27.6. The minimum Gasteiger partial charge on any atom is -0.480 e. The number of aromatic nitrogens is 1. The van der Waals surface area contributed by atoms with Gasteiger partial charge in [0.1, 0.15) is 6.04 Å². The van der Waals surface area contributed by atoms with Crippen LogP contribution in [0.4, 0.5) is 5.13 Å². The van der Waals surface area contributed by atoms with Gasteiger partial charge < -0.3 is 16.2 Å². The van der Waals surface area contributed by atoms with Crippen molar-refractivity contribution >= 4 is 49.8 Å². The van der Waals surface area contributed by atoms with Gasteiger partial charge in [0.15, 0.2) is 15.0 Å². The molecule has 27 heavy (non-hydrogen) atoms. The Bertz CT molecular complexity index is 988. The average molecular weight is 432 g/mol. The molecule has 4 N–H and O–H groups in total. The zero-order chi connectivity index (χ0) is 20.4. The van der Waals surface area contributed by atoms with Crippen molar-refractivity contribution < 1.29 is 23.1 Å². The molecule has 1 aromatic heterocycles. The fraction of sp³-hybridized carbons (Fsp3) is 0.312. The molecule has 1 aromatic carbocycles. The number of hydrogen-bond acceptors (Lipinski definition) is 7. The number of aryl methyl sites for hydroxylation is 1. The third-order valence-electron chi connectivity index (χ3n) is 3.64. The van der Waals surface area contributed by atoms with Crippen molar-refractivity contribution in [3.8, 4) is 10.4 Å². The van der Waals surface area contributed by atoms with Gasteiger partial charge in [-0.3, -0.25) is 9.59 Å². The number of hydrogen-bond donors (Lipinski definition) is 3. The monoisotopic (exact) mass is 431 g/mol. The standard InChI is InChI=1S/C16H18ClN3O5S2/c1-8-14(9-3-4-10(17)12(7-9)27(2,24)25)26-16(19-8)20-13(21)6-5-11(18)15(22)23/h3-4,7,11H,5-6,18H2,1-2H3,(H,22,23)(H,19,20,21)/t11-/m1/s1. The first-order valence-corrected chi connectivity index (χ1v) is 10.8. The second-order valence-corrected chi connectivity index (χ2v) is 9.27. The second-order valence-electron chi connectivity index (χ2n) is 5.88. The number of benzene rings is 1. The Hall–Kier alpha value is -2.01. The highest BCUT2D eigenvalue weighted by molar-refractivity contribution is 7.90. The van der Waals surface area contributed by atoms with Crippen molar-refractivity contribution in [3.05, 3.63) is 28.9 Å². The van der Waals surface area contributed by atoms with Crippen molar-refractivity contribution in [2.45, 2.75) is 30.7 Å². The average Bonchev–Trinajstić information content (AvgIpc) is 2.92. The fourth-order valence-electron chi connectivity index (χ4n) is 2.24. The number of nitrogens with two attached hydrogens (primary N) is 1. The van der Waals surface area contributed by atoms with Crippen LogP contribution in [0, 0.1) is 6.92 Å². The molecule has 2 rings (SSSR count). The molecule has 0 saturated heterocycles. The first kappa shape index (κ1) is 21.3. The highest BCUT2D eigenvalue weighted by Gasteiger charge is 2.18. The molecule has 1 heterocycles. The molecule has 11 heteroatoms. The fourth-order valence-corrected chi connectivity index (χ4v) is 4.52. The lowest BCUT2D eigenvalue weighted by atomic mass is 10.1. The summed E-state index contributed by atoms with van der Waals surface area (Å²) in [5.41, 5.74) is 6.60. The molecule has 0 bridgehead atoms. The Morgan fingerprint density at radius 3 is 2.67 bits per heavy atom. The van der Waals surface area contributed by atoms with E-state index in [2.05, 4.69) is 10.3 Å². The maximum atomic E-state index is 11.9. The third-order valence-corrected chi connectivity index (χ3v) is 6.34. The summed E-state index contributed by atoms with van der Waals surface area (Å²) < 4.78 is 23.7. The van der Waals surface area contributed by atoms with Crippen molar-refractivity contribution in [2.75, 3.05) is 11.6 Å². The Labute approximate surface area is 165 Å². The molecule has 0 saturated carbocycles. The Morgan fingerprint density at radius 2 is 2.07 bits per heavy atom. The van der Waals surface area contributed by atoms with Crippen LogP contribution < -0.4 is 11.1 Å². The van der Waals surface area contributed by atoms with Crippen molar-refractivity contribution in [2.24, 2.45) is 5.73 Å². The van der Waals surface area contributed by atoms with Crippen LogP contribution in [0.5, 0.6) is 0 Å². The summed E-state index contributed by atoms with van der Waals surface area (Å²) in [6, 6.07) is 3.54. The van der Waals surface area contributed by atoms with E-state index in [1.165, 1.54) is 23.5 Å². The van der Waals surface area contributed by atoms with E-state index in [0.29, 0.717) is 21.3 Å². The van der Waals surface area contributed by atoms with Crippen molar-refractivity contribution in [1.82, 2.24) is 4.98 Å². The van der Waals surface area contributed by atoms with Gasteiger partial charge in [-0.1, -0.05) is 29.0 Å². The summed E-state index contributed by atoms with van der Waals surface area (Å²) in [6.45, 7) is 1.73. The summed E-state index contributed by atoms with van der Waals surface area (Å²) in [5.74, 6) is -1.57. The van der Waals surface area contributed by atoms with E-state index in [-0.39, 0.29) is 22.8 Å². The number of carbonyl (C=O) groups excluding carboxylic acids is 1. The Morgan fingerprint density at radius 1 is 1.41 bits per heavy atom. The predicted octanol–water partition coefficient (Wildman–Crippen LogP) is 2.31. The van der Waals surface area contributed by atoms with E-state index in [1.54, 1.807) is 13.0 Å². The molecule has 0 aliphatic rings. The molecule has 0 radical (unpaired) electrons. The Kier molecular flexibility index (Phi) is 6.58. The molecular weight excluding hydrogens is 414 g/mol. The zero-order valence-corrected chi connectivity index (χ0v) is 16.9. The van der Waals surface area contributed by atoms with Crippen LogP contribution in [-0.4, -0.2) is 42.7 Å². The van der Waals surface area contributed by atoms with Crippen LogP contribution in [0.15, 0.2) is 23.1 Å². The lowest BCUT2D eigenvalue weighted by Crippen LogP contribution is -2.31. The highest BCUT2D eigenvalue weighted by Crippen LogP contribution is 2.35. The number of nitrogens with one attached hydrogen (secondary N) is 1. The second kappa shape index (κ2) is 8.34. The van der Waals surface area contributed by atoms with Crippen LogP contribution in [0.2, 0.25) is 5.02 Å². The van der Waals surface area contributed by atoms with Gasteiger partial charge in [-0.15, -0.1) is 0 Å². The number of rotatable bonds is 7. The summed E-state index contributed by atoms with van der Waals surface area (Å²) in [7, 11) is -3.49. The van der Waals surface area contributed by atoms with Crippen molar-refractivity contribution in [3.63, 3.8) is 0 Å². The molecule has 0 fully saturated rings. The van der Waals surface area contributed by atoms with Gasteiger partial charge in [-0.05, 0) is 31.0 Å². The van der Waals surface area contributed by atoms with E-state index in [9.17, 15) is 18.0 Å². The molecule has 8 nitrogen and oxygen atoms in total. The Balaban J connectivity index is 2.20. The maximum Gasteiger partial charge on any atom is 0.320 e. The topological polar surface area (TPSA) is 139 Å². The van der Waals surface area contributed by atoms with E-state index >= 15 is 0 Å². The van der Waals surface area contributed by atoms with Crippen molar-refractivity contribution in [1.29, 1.82) is 0 Å². The summed E-state index contributed by atoms with van der Waals surface area (Å²) in [5, 5.41) is 11.8. The number of aliphatic carboxylic acids is 1. The lowest BCUT2D eigenvalue weighted by Gasteiger charge is -2.05. The first-order valence-electron chi connectivity index (χ1n) is 7.74. The smallest absolute Gasteiger partial charge is 0.320 e. The van der Waals surface area contributed by atoms with Gasteiger partial charge in [0, 0.05) is 12.7 Å². The van der Waals surface area contributed by atoms with Gasteiger partial charge in [-0.2, -0.15) is 0 Å². The van der Waals surface area contributed by atoms with Gasteiger partial charge in [0.05, 0.1) is 20.5 Å². The molecule has 1 amide bonds. The molecule has 0 aliphatic carbocycles. The number of carboxylic acid groups (broad SMARTS) is 1. The van der Waals surface area contributed by atoms with E-state index in [0.717, 1.165) is 6.26 Å². The van der Waals surface area contributed by atoms with Crippen LogP contribution >= 0.6 is 22.9 Å². The van der Waals surface area contributed by atoms with Crippen LogP contribution in [0.25, 0.3) is 10.4 Å². The number of halogens is 1. The minimum absolute atomic E-state index is 0.00723. The van der Waals surface area contributed by atoms with Gasteiger partial charge >= 0.3 is 5.97 Å². The molecular formula is C16H18ClN3O5S2. The normalized spacial score (nSPS) is 12.6. The van der Waals surface area contributed by atoms with E-state index < -0.39 is 27.8 Å².